The predicted octanol–water partition coefficient (Wildman–Crippen LogP) is 1.39. The normalized spacial score (nSPS) is 18.8. The molecule has 1 fully saturated rings. The van der Waals surface area contributed by atoms with E-state index in [0.717, 1.165) is 5.39 Å². The number of aromatic nitrogens is 1. The minimum absolute atomic E-state index is 0.0233. The molecule has 0 saturated carbocycles. The molecule has 22 heavy (non-hydrogen) atoms. The summed E-state index contributed by atoms with van der Waals surface area (Å²) in [5, 5.41) is 10.0. The van der Waals surface area contributed by atoms with Gasteiger partial charge in [-0.3, -0.25) is 4.79 Å². The van der Waals surface area contributed by atoms with Crippen LogP contribution in [0.3, 0.4) is 0 Å². The molecule has 1 aromatic heterocycles. The lowest BCUT2D eigenvalue weighted by atomic mass is 10.1. The Labute approximate surface area is 127 Å². The lowest BCUT2D eigenvalue weighted by molar-refractivity contribution is -0.141. The molecular weight excluding hydrogens is 287 g/mol. The largest absolute Gasteiger partial charge is 0.396 e. The average molecular weight is 306 g/mol. The Morgan fingerprint density at radius 2 is 2.27 bits per heavy atom. The topological polar surface area (TPSA) is 54.7 Å². The number of carbonyl (C=O) groups is 1. The third-order valence-corrected chi connectivity index (χ3v) is 4.05. The van der Waals surface area contributed by atoms with Crippen molar-refractivity contribution in [3.63, 3.8) is 0 Å². The number of morpholine rings is 1. The lowest BCUT2D eigenvalue weighted by Gasteiger charge is -2.35. The first-order chi connectivity index (χ1) is 10.7. The molecule has 6 heteroatoms. The maximum absolute atomic E-state index is 13.4. The van der Waals surface area contributed by atoms with Crippen LogP contribution < -0.4 is 0 Å². The highest BCUT2D eigenvalue weighted by Crippen LogP contribution is 2.18. The number of benzene rings is 1. The SMILES string of the molecule is O=C(Cn1ccc2ccc(F)cc21)N1CCOCC1CCO. The summed E-state index contributed by atoms with van der Waals surface area (Å²) in [4.78, 5) is 14.3. The van der Waals surface area contributed by atoms with Crippen molar-refractivity contribution in [1.29, 1.82) is 0 Å². The molecule has 3 rings (SSSR count). The molecule has 2 heterocycles. The minimum atomic E-state index is -0.315. The first-order valence-electron chi connectivity index (χ1n) is 7.41. The van der Waals surface area contributed by atoms with Crippen molar-refractivity contribution in [2.75, 3.05) is 26.4 Å². The molecule has 1 saturated heterocycles. The van der Waals surface area contributed by atoms with Crippen LogP contribution in [0, 0.1) is 5.82 Å². The third kappa shape index (κ3) is 2.98. The quantitative estimate of drug-likeness (QED) is 0.929. The molecule has 1 amide bonds. The fourth-order valence-corrected chi connectivity index (χ4v) is 2.90. The maximum Gasteiger partial charge on any atom is 0.242 e. The van der Waals surface area contributed by atoms with Crippen LogP contribution in [0.2, 0.25) is 0 Å². The summed E-state index contributed by atoms with van der Waals surface area (Å²) in [6.45, 7) is 1.67. The zero-order valence-electron chi connectivity index (χ0n) is 12.2. The van der Waals surface area contributed by atoms with Crippen LogP contribution in [0.1, 0.15) is 6.42 Å². The van der Waals surface area contributed by atoms with Crippen molar-refractivity contribution in [1.82, 2.24) is 9.47 Å². The Kier molecular flexibility index (Phi) is 4.40. The monoisotopic (exact) mass is 306 g/mol. The summed E-state index contributed by atoms with van der Waals surface area (Å²) in [6, 6.07) is 6.33. The molecule has 1 N–H and O–H groups in total. The second-order valence-corrected chi connectivity index (χ2v) is 5.47. The van der Waals surface area contributed by atoms with Crippen LogP contribution in [-0.2, 0) is 16.1 Å². The zero-order chi connectivity index (χ0) is 15.5. The number of amides is 1. The molecule has 1 aliphatic rings. The van der Waals surface area contributed by atoms with E-state index >= 15 is 0 Å². The number of rotatable bonds is 4. The highest BCUT2D eigenvalue weighted by atomic mass is 19.1. The van der Waals surface area contributed by atoms with Gasteiger partial charge in [-0.15, -0.1) is 0 Å². The minimum Gasteiger partial charge on any atom is -0.396 e. The van der Waals surface area contributed by atoms with E-state index in [4.69, 9.17) is 9.84 Å². The fourth-order valence-electron chi connectivity index (χ4n) is 2.90. The number of nitrogens with zero attached hydrogens (tertiary/aromatic N) is 2. The Morgan fingerprint density at radius 1 is 1.41 bits per heavy atom. The Hall–Kier alpha value is -1.92. The molecule has 1 unspecified atom stereocenters. The van der Waals surface area contributed by atoms with Crippen molar-refractivity contribution in [3.05, 3.63) is 36.3 Å². The molecule has 1 atom stereocenters. The highest BCUT2D eigenvalue weighted by molar-refractivity contribution is 5.83. The summed E-state index contributed by atoms with van der Waals surface area (Å²) in [6.07, 6.45) is 2.30. The van der Waals surface area contributed by atoms with E-state index < -0.39 is 0 Å². The van der Waals surface area contributed by atoms with E-state index in [2.05, 4.69) is 0 Å². The number of hydrogen-bond acceptors (Lipinski definition) is 3. The van der Waals surface area contributed by atoms with E-state index in [1.165, 1.54) is 12.1 Å². The van der Waals surface area contributed by atoms with Gasteiger partial charge < -0.3 is 19.3 Å². The summed E-state index contributed by atoms with van der Waals surface area (Å²) in [7, 11) is 0. The predicted molar refractivity (Wildman–Crippen MR) is 79.9 cm³/mol. The van der Waals surface area contributed by atoms with E-state index in [9.17, 15) is 9.18 Å². The smallest absolute Gasteiger partial charge is 0.242 e. The molecule has 2 aromatic rings. The van der Waals surface area contributed by atoms with E-state index in [1.807, 2.05) is 6.07 Å². The van der Waals surface area contributed by atoms with Gasteiger partial charge in [-0.2, -0.15) is 0 Å². The summed E-state index contributed by atoms with van der Waals surface area (Å²) in [5.41, 5.74) is 0.709. The second-order valence-electron chi connectivity index (χ2n) is 5.47. The summed E-state index contributed by atoms with van der Waals surface area (Å²) in [5.74, 6) is -0.354. The van der Waals surface area contributed by atoms with Gasteiger partial charge in [0.2, 0.25) is 5.91 Å². The van der Waals surface area contributed by atoms with Crippen molar-refractivity contribution in [2.24, 2.45) is 0 Å². The van der Waals surface area contributed by atoms with Crippen LogP contribution in [0.15, 0.2) is 30.5 Å². The Morgan fingerprint density at radius 3 is 3.09 bits per heavy atom. The first kappa shape index (κ1) is 15.0. The van der Waals surface area contributed by atoms with Gasteiger partial charge in [-0.1, -0.05) is 0 Å². The first-order valence-corrected chi connectivity index (χ1v) is 7.41. The van der Waals surface area contributed by atoms with Gasteiger partial charge in [0.1, 0.15) is 12.4 Å². The highest BCUT2D eigenvalue weighted by Gasteiger charge is 2.27. The molecule has 0 aliphatic carbocycles. The molecule has 0 spiro atoms. The van der Waals surface area contributed by atoms with Gasteiger partial charge in [0.25, 0.3) is 0 Å². The maximum atomic E-state index is 13.4. The Balaban J connectivity index is 1.78. The second kappa shape index (κ2) is 6.46. The van der Waals surface area contributed by atoms with Crippen LogP contribution in [0.5, 0.6) is 0 Å². The van der Waals surface area contributed by atoms with Crippen molar-refractivity contribution < 1.29 is 19.0 Å². The molecule has 0 radical (unpaired) electrons. The number of carbonyl (C=O) groups excluding carboxylic acids is 1. The van der Waals surface area contributed by atoms with Crippen molar-refractivity contribution in [2.45, 2.75) is 19.0 Å². The number of aliphatic hydroxyl groups is 1. The van der Waals surface area contributed by atoms with E-state index in [-0.39, 0.29) is 30.9 Å². The van der Waals surface area contributed by atoms with Crippen molar-refractivity contribution in [3.8, 4) is 0 Å². The van der Waals surface area contributed by atoms with E-state index in [0.29, 0.717) is 31.7 Å². The number of ether oxygens (including phenoxy) is 1. The summed E-state index contributed by atoms with van der Waals surface area (Å²) >= 11 is 0. The number of hydrogen-bond donors (Lipinski definition) is 1. The average Bonchev–Trinajstić information content (AvgIpc) is 2.90. The van der Waals surface area contributed by atoms with Gasteiger partial charge >= 0.3 is 0 Å². The van der Waals surface area contributed by atoms with Gasteiger partial charge in [-0.05, 0) is 36.1 Å². The molecule has 1 aliphatic heterocycles. The van der Waals surface area contributed by atoms with Crippen molar-refractivity contribution >= 4 is 16.8 Å². The summed E-state index contributed by atoms with van der Waals surface area (Å²) < 4.78 is 20.5. The van der Waals surface area contributed by atoms with Gasteiger partial charge in [0.15, 0.2) is 0 Å². The van der Waals surface area contributed by atoms with E-state index in [1.54, 1.807) is 21.7 Å². The van der Waals surface area contributed by atoms with Crippen LogP contribution in [0.25, 0.3) is 10.9 Å². The van der Waals surface area contributed by atoms with Gasteiger partial charge in [0.05, 0.1) is 24.8 Å². The Bertz CT molecular complexity index is 668. The van der Waals surface area contributed by atoms with Crippen LogP contribution in [-0.4, -0.2) is 52.9 Å². The molecule has 0 bridgehead atoms. The number of aliphatic hydroxyl groups excluding tert-OH is 1. The lowest BCUT2D eigenvalue weighted by Crippen LogP contribution is -2.50. The molecule has 5 nitrogen and oxygen atoms in total. The molecular formula is C16H19FN2O3. The third-order valence-electron chi connectivity index (χ3n) is 4.05. The van der Waals surface area contributed by atoms with Gasteiger partial charge in [-0.25, -0.2) is 4.39 Å². The standard InChI is InChI=1S/C16H19FN2O3/c17-13-2-1-12-3-5-18(15(12)9-13)10-16(21)19-6-8-22-11-14(19)4-7-20/h1-3,5,9,14,20H,4,6-8,10-11H2. The molecule has 1 aromatic carbocycles. The molecule has 118 valence electrons. The number of fused-ring (bicyclic) bond motifs is 1. The van der Waals surface area contributed by atoms with Gasteiger partial charge in [0, 0.05) is 19.3 Å². The number of halogens is 1. The fraction of sp³-hybridized carbons (Fsp3) is 0.438. The van der Waals surface area contributed by atoms with Crippen LogP contribution >= 0.6 is 0 Å². The van der Waals surface area contributed by atoms with Crippen LogP contribution in [0.4, 0.5) is 4.39 Å². The zero-order valence-corrected chi connectivity index (χ0v) is 12.2.